The number of carbonyl (C=O) groups excluding carboxylic acids is 1. The molecule has 2 bridgehead atoms. The number of thiophene rings is 1. The molecule has 1 amide bonds. The van der Waals surface area contributed by atoms with Gasteiger partial charge in [-0.25, -0.2) is 0 Å². The van der Waals surface area contributed by atoms with Crippen molar-refractivity contribution in [3.63, 3.8) is 0 Å². The summed E-state index contributed by atoms with van der Waals surface area (Å²) < 4.78 is 1.40. The average molecular weight is 405 g/mol. The van der Waals surface area contributed by atoms with Gasteiger partial charge in [0.05, 0.1) is 0 Å². The zero-order valence-electron chi connectivity index (χ0n) is 17.0. The minimum atomic E-state index is -0.326. The number of nitrogens with two attached hydrogens (primary N) is 1. The van der Waals surface area contributed by atoms with Gasteiger partial charge in [-0.05, 0) is 79.3 Å². The Labute approximate surface area is 176 Å². The molecule has 3 nitrogen and oxygen atoms in total. The number of piperidine rings is 1. The number of amides is 1. The lowest BCUT2D eigenvalue weighted by Gasteiger charge is -2.51. The van der Waals surface area contributed by atoms with Crippen LogP contribution < -0.4 is 5.73 Å². The van der Waals surface area contributed by atoms with E-state index in [-0.39, 0.29) is 11.3 Å². The molecular weight excluding hydrogens is 376 g/mol. The van der Waals surface area contributed by atoms with Crippen molar-refractivity contribution in [2.24, 2.45) is 5.73 Å². The summed E-state index contributed by atoms with van der Waals surface area (Å²) in [5, 5.41) is 1.41. The van der Waals surface area contributed by atoms with E-state index in [0.717, 1.165) is 19.5 Å². The van der Waals surface area contributed by atoms with Gasteiger partial charge in [0.15, 0.2) is 0 Å². The molecule has 2 N–H and O–H groups in total. The van der Waals surface area contributed by atoms with Crippen LogP contribution in [0.5, 0.6) is 0 Å². The summed E-state index contributed by atoms with van der Waals surface area (Å²) in [5.41, 5.74) is 9.16. The van der Waals surface area contributed by atoms with E-state index in [1.165, 1.54) is 51.8 Å². The first kappa shape index (κ1) is 18.8. The molecular formula is C25H28N2OS. The van der Waals surface area contributed by atoms with E-state index in [4.69, 9.17) is 5.73 Å². The topological polar surface area (TPSA) is 46.3 Å². The predicted octanol–water partition coefficient (Wildman–Crippen LogP) is 5.39. The second kappa shape index (κ2) is 7.26. The molecule has 0 spiro atoms. The van der Waals surface area contributed by atoms with Gasteiger partial charge in [-0.1, -0.05) is 36.8 Å². The molecule has 0 radical (unpaired) electrons. The van der Waals surface area contributed by atoms with Crippen molar-refractivity contribution in [2.75, 3.05) is 6.54 Å². The van der Waals surface area contributed by atoms with Gasteiger partial charge in [-0.2, -0.15) is 0 Å². The Morgan fingerprint density at radius 1 is 1.21 bits per heavy atom. The first-order valence-electron chi connectivity index (χ1n) is 10.7. The van der Waals surface area contributed by atoms with E-state index >= 15 is 0 Å². The smallest absolute Gasteiger partial charge is 0.248 e. The fourth-order valence-electron chi connectivity index (χ4n) is 5.59. The number of hydrogen-bond acceptors (Lipinski definition) is 3. The molecule has 1 aliphatic heterocycles. The predicted molar refractivity (Wildman–Crippen MR) is 120 cm³/mol. The number of primary amides is 1. The highest BCUT2D eigenvalue weighted by atomic mass is 32.1. The van der Waals surface area contributed by atoms with E-state index in [2.05, 4.69) is 48.2 Å². The zero-order valence-corrected chi connectivity index (χ0v) is 17.8. The van der Waals surface area contributed by atoms with E-state index in [1.807, 2.05) is 23.5 Å². The third-order valence-corrected chi connectivity index (χ3v) is 8.52. The molecule has 2 atom stereocenters. The van der Waals surface area contributed by atoms with Crippen LogP contribution in [0.2, 0.25) is 0 Å². The van der Waals surface area contributed by atoms with E-state index in [0.29, 0.717) is 11.6 Å². The minimum absolute atomic E-state index is 0.208. The van der Waals surface area contributed by atoms with Gasteiger partial charge < -0.3 is 5.73 Å². The lowest BCUT2D eigenvalue weighted by Crippen LogP contribution is -2.51. The largest absolute Gasteiger partial charge is 0.366 e. The number of carbonyl (C=O) groups is 1. The molecule has 3 aromatic rings. The van der Waals surface area contributed by atoms with E-state index < -0.39 is 0 Å². The summed E-state index contributed by atoms with van der Waals surface area (Å²) in [6.07, 6.45) is 6.12. The normalized spacial score (nSPS) is 24.7. The van der Waals surface area contributed by atoms with Crippen molar-refractivity contribution < 1.29 is 4.79 Å². The maximum Gasteiger partial charge on any atom is 0.248 e. The Kier molecular flexibility index (Phi) is 4.72. The number of hydrogen-bond donors (Lipinski definition) is 1. The van der Waals surface area contributed by atoms with Gasteiger partial charge in [0.2, 0.25) is 5.91 Å². The van der Waals surface area contributed by atoms with Crippen LogP contribution in [0.1, 0.15) is 58.5 Å². The molecule has 2 unspecified atom stereocenters. The van der Waals surface area contributed by atoms with E-state index in [9.17, 15) is 4.79 Å². The molecule has 1 saturated heterocycles. The molecule has 2 heterocycles. The molecule has 2 aliphatic rings. The van der Waals surface area contributed by atoms with Crippen LogP contribution in [-0.2, 0) is 12.0 Å². The van der Waals surface area contributed by atoms with Crippen LogP contribution in [0.4, 0.5) is 0 Å². The van der Waals surface area contributed by atoms with Crippen molar-refractivity contribution in [2.45, 2.75) is 57.0 Å². The van der Waals surface area contributed by atoms with Crippen LogP contribution >= 0.6 is 11.3 Å². The Morgan fingerprint density at radius 3 is 2.90 bits per heavy atom. The van der Waals surface area contributed by atoms with Crippen LogP contribution in [0.25, 0.3) is 10.1 Å². The van der Waals surface area contributed by atoms with Crippen LogP contribution in [-0.4, -0.2) is 23.4 Å². The highest BCUT2D eigenvalue weighted by Gasteiger charge is 2.43. The highest BCUT2D eigenvalue weighted by molar-refractivity contribution is 7.19. The quantitative estimate of drug-likeness (QED) is 0.633. The second-order valence-electron chi connectivity index (χ2n) is 8.84. The number of aryl methyl sites for hydroxylation is 1. The number of benzene rings is 2. The lowest BCUT2D eigenvalue weighted by molar-refractivity contribution is 0.0464. The summed E-state index contributed by atoms with van der Waals surface area (Å²) in [6, 6.07) is 17.5. The maximum absolute atomic E-state index is 11.7. The minimum Gasteiger partial charge on any atom is -0.366 e. The van der Waals surface area contributed by atoms with Crippen LogP contribution in [0, 0.1) is 6.92 Å². The molecule has 5 rings (SSSR count). The third kappa shape index (κ3) is 3.28. The SMILES string of the molecule is Cc1c(CN2CCC3(c4cccc(C(N)=O)c4)CCCC2C3)sc2ccccc12. The first-order valence-corrected chi connectivity index (χ1v) is 11.5. The fourth-order valence-corrected chi connectivity index (χ4v) is 6.82. The summed E-state index contributed by atoms with van der Waals surface area (Å²) in [6.45, 7) is 4.46. The zero-order chi connectivity index (χ0) is 20.0. The molecule has 1 saturated carbocycles. The Balaban J connectivity index is 1.39. The van der Waals surface area contributed by atoms with Crippen molar-refractivity contribution in [3.8, 4) is 0 Å². The van der Waals surface area contributed by atoms with Gasteiger partial charge in [0.25, 0.3) is 0 Å². The summed E-state index contributed by atoms with van der Waals surface area (Å²) in [4.78, 5) is 15.9. The monoisotopic (exact) mass is 404 g/mol. The fraction of sp³-hybridized carbons (Fsp3) is 0.400. The van der Waals surface area contributed by atoms with Crippen molar-refractivity contribution >= 4 is 27.3 Å². The highest BCUT2D eigenvalue weighted by Crippen LogP contribution is 2.47. The van der Waals surface area contributed by atoms with Gasteiger partial charge in [0, 0.05) is 27.7 Å². The number of likely N-dealkylation sites (tertiary alicyclic amines) is 1. The maximum atomic E-state index is 11.7. The molecule has 2 aromatic carbocycles. The Morgan fingerprint density at radius 2 is 2.07 bits per heavy atom. The lowest BCUT2D eigenvalue weighted by atomic mass is 9.63. The van der Waals surface area contributed by atoms with Gasteiger partial charge in [-0.15, -0.1) is 11.3 Å². The van der Waals surface area contributed by atoms with Gasteiger partial charge in [-0.3, -0.25) is 9.69 Å². The summed E-state index contributed by atoms with van der Waals surface area (Å²) >= 11 is 1.96. The van der Waals surface area contributed by atoms with Gasteiger partial charge >= 0.3 is 0 Å². The summed E-state index contributed by atoms with van der Waals surface area (Å²) in [7, 11) is 0. The van der Waals surface area contributed by atoms with Crippen molar-refractivity contribution in [1.82, 2.24) is 4.90 Å². The molecule has 4 heteroatoms. The molecule has 1 aromatic heterocycles. The standard InChI is InChI=1S/C25H28N2OS/c1-17-21-9-2-3-10-22(21)29-23(17)16-27-13-12-25(11-5-8-20(27)15-25)19-7-4-6-18(14-19)24(26)28/h2-4,6-7,9-10,14,20H,5,8,11-13,15-16H2,1H3,(H2,26,28). The first-order chi connectivity index (χ1) is 14.1. The number of rotatable bonds is 4. The Hall–Kier alpha value is -2.17. The van der Waals surface area contributed by atoms with Crippen LogP contribution in [0.15, 0.2) is 48.5 Å². The van der Waals surface area contributed by atoms with Gasteiger partial charge in [0.1, 0.15) is 0 Å². The molecule has 150 valence electrons. The molecule has 29 heavy (non-hydrogen) atoms. The summed E-state index contributed by atoms with van der Waals surface area (Å²) in [5.74, 6) is -0.326. The second-order valence-corrected chi connectivity index (χ2v) is 9.98. The number of fused-ring (bicyclic) bond motifs is 3. The van der Waals surface area contributed by atoms with E-state index in [1.54, 1.807) is 0 Å². The Bertz CT molecular complexity index is 1070. The van der Waals surface area contributed by atoms with Crippen molar-refractivity contribution in [1.29, 1.82) is 0 Å². The van der Waals surface area contributed by atoms with Crippen molar-refractivity contribution in [3.05, 3.63) is 70.1 Å². The average Bonchev–Trinajstić information content (AvgIpc) is 3.06. The van der Waals surface area contributed by atoms with Crippen LogP contribution in [0.3, 0.4) is 0 Å². The molecule has 1 aliphatic carbocycles. The number of nitrogens with zero attached hydrogens (tertiary/aromatic N) is 1. The molecule has 2 fully saturated rings. The third-order valence-electron chi connectivity index (χ3n) is 7.26.